The minimum absolute atomic E-state index is 0.667. The molecule has 1 heterocycles. The van der Waals surface area contributed by atoms with Gasteiger partial charge in [-0.1, -0.05) is 26.0 Å². The SMILES string of the molecule is CCC(C)c1ccc(N(C)CC2CCCN2)cc1. The van der Waals surface area contributed by atoms with Gasteiger partial charge in [0.2, 0.25) is 0 Å². The molecule has 1 fully saturated rings. The first-order chi connectivity index (χ1) is 8.70. The van der Waals surface area contributed by atoms with Crippen LogP contribution in [0.5, 0.6) is 0 Å². The number of hydrogen-bond acceptors (Lipinski definition) is 2. The van der Waals surface area contributed by atoms with E-state index in [1.54, 1.807) is 0 Å². The molecule has 1 aromatic carbocycles. The van der Waals surface area contributed by atoms with Gasteiger partial charge in [-0.2, -0.15) is 0 Å². The topological polar surface area (TPSA) is 15.3 Å². The average molecular weight is 246 g/mol. The lowest BCUT2D eigenvalue weighted by molar-refractivity contribution is 0.599. The van der Waals surface area contributed by atoms with Crippen molar-refractivity contribution < 1.29 is 0 Å². The van der Waals surface area contributed by atoms with E-state index < -0.39 is 0 Å². The third kappa shape index (κ3) is 3.26. The lowest BCUT2D eigenvalue weighted by Crippen LogP contribution is -2.35. The summed E-state index contributed by atoms with van der Waals surface area (Å²) in [5.41, 5.74) is 2.78. The molecule has 0 aliphatic carbocycles. The van der Waals surface area contributed by atoms with Crippen molar-refractivity contribution in [1.82, 2.24) is 5.32 Å². The van der Waals surface area contributed by atoms with Crippen LogP contribution >= 0.6 is 0 Å². The van der Waals surface area contributed by atoms with Crippen LogP contribution in [0, 0.1) is 0 Å². The number of nitrogens with one attached hydrogen (secondary N) is 1. The van der Waals surface area contributed by atoms with E-state index in [1.165, 1.54) is 37.1 Å². The zero-order chi connectivity index (χ0) is 13.0. The normalized spacial score (nSPS) is 20.9. The van der Waals surface area contributed by atoms with Crippen molar-refractivity contribution in [3.05, 3.63) is 29.8 Å². The molecule has 1 aromatic rings. The number of likely N-dealkylation sites (N-methyl/N-ethyl adjacent to an activating group) is 1. The molecule has 0 saturated carbocycles. The van der Waals surface area contributed by atoms with Crippen LogP contribution < -0.4 is 10.2 Å². The van der Waals surface area contributed by atoms with E-state index in [4.69, 9.17) is 0 Å². The number of hydrogen-bond donors (Lipinski definition) is 1. The third-order valence-electron chi connectivity index (χ3n) is 4.17. The fourth-order valence-electron chi connectivity index (χ4n) is 2.64. The minimum atomic E-state index is 0.667. The van der Waals surface area contributed by atoms with Crippen LogP contribution in [0.2, 0.25) is 0 Å². The van der Waals surface area contributed by atoms with Gasteiger partial charge in [-0.15, -0.1) is 0 Å². The maximum atomic E-state index is 3.55. The standard InChI is InChI=1S/C16H26N2/c1-4-13(2)14-7-9-16(10-8-14)18(3)12-15-6-5-11-17-15/h7-10,13,15,17H,4-6,11-12H2,1-3H3. The summed E-state index contributed by atoms with van der Waals surface area (Å²) >= 11 is 0. The molecule has 1 saturated heterocycles. The Kier molecular flexibility index (Phi) is 4.65. The highest BCUT2D eigenvalue weighted by atomic mass is 15.1. The first-order valence-electron chi connectivity index (χ1n) is 7.25. The van der Waals surface area contributed by atoms with Gasteiger partial charge in [0.05, 0.1) is 0 Å². The van der Waals surface area contributed by atoms with Gasteiger partial charge in [0, 0.05) is 25.3 Å². The first kappa shape index (κ1) is 13.4. The van der Waals surface area contributed by atoms with Gasteiger partial charge in [-0.3, -0.25) is 0 Å². The Balaban J connectivity index is 1.95. The summed E-state index contributed by atoms with van der Waals surface area (Å²) < 4.78 is 0. The molecule has 2 nitrogen and oxygen atoms in total. The molecule has 2 unspecified atom stereocenters. The molecule has 1 aliphatic rings. The Morgan fingerprint density at radius 1 is 1.33 bits per heavy atom. The highest BCUT2D eigenvalue weighted by molar-refractivity contribution is 5.47. The minimum Gasteiger partial charge on any atom is -0.373 e. The van der Waals surface area contributed by atoms with E-state index >= 15 is 0 Å². The molecule has 0 radical (unpaired) electrons. The highest BCUT2D eigenvalue weighted by Gasteiger charge is 2.16. The zero-order valence-electron chi connectivity index (χ0n) is 11.9. The molecule has 0 spiro atoms. The predicted molar refractivity (Wildman–Crippen MR) is 79.4 cm³/mol. The molecule has 0 bridgehead atoms. The van der Waals surface area contributed by atoms with Crippen LogP contribution in [-0.4, -0.2) is 26.2 Å². The fraction of sp³-hybridized carbons (Fsp3) is 0.625. The summed E-state index contributed by atoms with van der Waals surface area (Å²) in [6, 6.07) is 9.75. The predicted octanol–water partition coefficient (Wildman–Crippen LogP) is 3.39. The van der Waals surface area contributed by atoms with Crippen molar-refractivity contribution in [1.29, 1.82) is 0 Å². The Labute approximate surface area is 111 Å². The smallest absolute Gasteiger partial charge is 0.0364 e. The van der Waals surface area contributed by atoms with Gasteiger partial charge in [0.25, 0.3) is 0 Å². The van der Waals surface area contributed by atoms with E-state index in [9.17, 15) is 0 Å². The molecule has 100 valence electrons. The van der Waals surface area contributed by atoms with E-state index in [0.29, 0.717) is 12.0 Å². The molecule has 0 amide bonds. The zero-order valence-corrected chi connectivity index (χ0v) is 11.9. The Morgan fingerprint density at radius 2 is 2.06 bits per heavy atom. The van der Waals surface area contributed by atoms with E-state index in [-0.39, 0.29) is 0 Å². The second-order valence-corrected chi connectivity index (χ2v) is 5.57. The maximum absolute atomic E-state index is 3.55. The quantitative estimate of drug-likeness (QED) is 0.856. The summed E-state index contributed by atoms with van der Waals surface area (Å²) in [5, 5.41) is 3.55. The molecule has 1 aliphatic heterocycles. The molecular formula is C16H26N2. The van der Waals surface area contributed by atoms with Gasteiger partial charge in [-0.05, 0) is 49.4 Å². The van der Waals surface area contributed by atoms with E-state index in [1.807, 2.05) is 0 Å². The monoisotopic (exact) mass is 246 g/mol. The lowest BCUT2D eigenvalue weighted by atomic mass is 9.98. The molecule has 2 rings (SSSR count). The number of anilines is 1. The van der Waals surface area contributed by atoms with Crippen molar-refractivity contribution in [2.24, 2.45) is 0 Å². The number of nitrogens with zero attached hydrogens (tertiary/aromatic N) is 1. The lowest BCUT2D eigenvalue weighted by Gasteiger charge is -2.24. The molecule has 2 atom stereocenters. The second-order valence-electron chi connectivity index (χ2n) is 5.57. The van der Waals surface area contributed by atoms with E-state index in [0.717, 1.165) is 6.54 Å². The summed E-state index contributed by atoms with van der Waals surface area (Å²) in [7, 11) is 2.19. The van der Waals surface area contributed by atoms with Crippen LogP contribution in [0.1, 0.15) is 44.6 Å². The van der Waals surface area contributed by atoms with Gasteiger partial charge in [0.15, 0.2) is 0 Å². The Morgan fingerprint density at radius 3 is 2.61 bits per heavy atom. The summed E-state index contributed by atoms with van der Waals surface area (Å²) in [4.78, 5) is 2.36. The summed E-state index contributed by atoms with van der Waals surface area (Å²) in [6.07, 6.45) is 3.85. The third-order valence-corrected chi connectivity index (χ3v) is 4.17. The molecule has 1 N–H and O–H groups in total. The molecular weight excluding hydrogens is 220 g/mol. The van der Waals surface area contributed by atoms with Crippen molar-refractivity contribution in [2.75, 3.05) is 25.0 Å². The van der Waals surface area contributed by atoms with Crippen LogP contribution in [0.15, 0.2) is 24.3 Å². The maximum Gasteiger partial charge on any atom is 0.0364 e. The Hall–Kier alpha value is -1.02. The summed E-state index contributed by atoms with van der Waals surface area (Å²) in [6.45, 7) is 6.84. The van der Waals surface area contributed by atoms with Crippen molar-refractivity contribution in [3.8, 4) is 0 Å². The molecule has 0 aromatic heterocycles. The number of rotatable bonds is 5. The number of benzene rings is 1. The van der Waals surface area contributed by atoms with E-state index in [2.05, 4.69) is 55.4 Å². The van der Waals surface area contributed by atoms with Crippen LogP contribution in [0.25, 0.3) is 0 Å². The Bertz CT molecular complexity index is 352. The average Bonchev–Trinajstić information content (AvgIpc) is 2.91. The van der Waals surface area contributed by atoms with Gasteiger partial charge < -0.3 is 10.2 Å². The van der Waals surface area contributed by atoms with Gasteiger partial charge in [-0.25, -0.2) is 0 Å². The van der Waals surface area contributed by atoms with Crippen LogP contribution in [0.4, 0.5) is 5.69 Å². The fourth-order valence-corrected chi connectivity index (χ4v) is 2.64. The van der Waals surface area contributed by atoms with Crippen molar-refractivity contribution >= 4 is 5.69 Å². The van der Waals surface area contributed by atoms with Crippen molar-refractivity contribution in [3.63, 3.8) is 0 Å². The van der Waals surface area contributed by atoms with Gasteiger partial charge >= 0.3 is 0 Å². The second kappa shape index (κ2) is 6.24. The van der Waals surface area contributed by atoms with Crippen LogP contribution in [-0.2, 0) is 0 Å². The largest absolute Gasteiger partial charge is 0.373 e. The van der Waals surface area contributed by atoms with Crippen molar-refractivity contribution in [2.45, 2.75) is 45.1 Å². The summed E-state index contributed by atoms with van der Waals surface area (Å²) in [5.74, 6) is 0.667. The first-order valence-corrected chi connectivity index (χ1v) is 7.25. The highest BCUT2D eigenvalue weighted by Crippen LogP contribution is 2.22. The van der Waals surface area contributed by atoms with Crippen LogP contribution in [0.3, 0.4) is 0 Å². The van der Waals surface area contributed by atoms with Gasteiger partial charge in [0.1, 0.15) is 0 Å². The molecule has 2 heteroatoms. The molecule has 18 heavy (non-hydrogen) atoms.